The highest BCUT2D eigenvalue weighted by Crippen LogP contribution is 2.45. The van der Waals surface area contributed by atoms with E-state index in [2.05, 4.69) is 45.8 Å². The summed E-state index contributed by atoms with van der Waals surface area (Å²) in [5.41, 5.74) is -0.408. The molecule has 33 heavy (non-hydrogen) atoms. The molecule has 9 heteroatoms. The van der Waals surface area contributed by atoms with Crippen LogP contribution in [-0.2, 0) is 23.5 Å². The second kappa shape index (κ2) is 11.0. The van der Waals surface area contributed by atoms with Crippen LogP contribution in [0.15, 0.2) is 24.3 Å². The molecule has 0 bridgehead atoms. The molecule has 1 N–H and O–H groups in total. The second-order valence-corrected chi connectivity index (χ2v) is 12.6. The van der Waals surface area contributed by atoms with Crippen molar-refractivity contribution in [3.63, 3.8) is 0 Å². The topological polar surface area (TPSA) is 94.2 Å². The smallest absolute Gasteiger partial charge is 0.410 e. The molecule has 186 valence electrons. The molecule has 0 saturated carbocycles. The van der Waals surface area contributed by atoms with Crippen molar-refractivity contribution >= 4 is 26.8 Å². The number of hydrogen-bond donors (Lipinski definition) is 1. The van der Waals surface area contributed by atoms with Gasteiger partial charge in [0.25, 0.3) is 0 Å². The lowest BCUT2D eigenvalue weighted by Crippen LogP contribution is -2.70. The van der Waals surface area contributed by atoms with Crippen LogP contribution in [0.3, 0.4) is 0 Å². The lowest BCUT2D eigenvalue weighted by atomic mass is 9.63. The molecular formula is C24H40N2O6Si. The summed E-state index contributed by atoms with van der Waals surface area (Å²) in [6, 6.07) is -0.677. The summed E-state index contributed by atoms with van der Waals surface area (Å²) in [7, 11) is -1.44. The van der Waals surface area contributed by atoms with Crippen LogP contribution in [-0.4, -0.2) is 75.8 Å². The number of Topliss-reactive ketones (excluding diaryl/α,β-unsaturated/α-hetero) is 1. The number of morpholine rings is 1. The average molecular weight is 481 g/mol. The fraction of sp³-hybridized carbons (Fsp3) is 0.708. The van der Waals surface area contributed by atoms with Gasteiger partial charge in [-0.3, -0.25) is 14.5 Å². The average Bonchev–Trinajstić information content (AvgIpc) is 2.70. The fourth-order valence-electron chi connectivity index (χ4n) is 4.39. The maximum absolute atomic E-state index is 13.1. The Morgan fingerprint density at radius 2 is 1.97 bits per heavy atom. The number of rotatable bonds is 9. The second-order valence-electron chi connectivity index (χ2n) is 10.3. The van der Waals surface area contributed by atoms with Crippen LogP contribution in [0.2, 0.25) is 13.1 Å². The van der Waals surface area contributed by atoms with E-state index in [0.29, 0.717) is 25.3 Å². The molecule has 0 spiro atoms. The van der Waals surface area contributed by atoms with Gasteiger partial charge in [-0.1, -0.05) is 39.5 Å². The lowest BCUT2D eigenvalue weighted by Gasteiger charge is -2.54. The number of nitrogens with zero attached hydrogens (tertiary/aromatic N) is 1. The molecule has 0 aromatic rings. The van der Waals surface area contributed by atoms with Crippen molar-refractivity contribution in [2.24, 2.45) is 11.3 Å². The third-order valence-electron chi connectivity index (χ3n) is 6.59. The highest BCUT2D eigenvalue weighted by molar-refractivity contribution is 6.48. The number of hydrogen-bond acceptors (Lipinski definition) is 6. The molecule has 2 aliphatic heterocycles. The van der Waals surface area contributed by atoms with Crippen LogP contribution in [0.1, 0.15) is 41.0 Å². The van der Waals surface area contributed by atoms with Gasteiger partial charge in [-0.15, -0.1) is 0 Å². The molecule has 2 heterocycles. The Labute approximate surface area is 199 Å². The first-order valence-corrected chi connectivity index (χ1v) is 14.4. The first-order valence-electron chi connectivity index (χ1n) is 11.6. The minimum atomic E-state index is -1.44. The quantitative estimate of drug-likeness (QED) is 0.236. The number of carbonyl (C=O) groups excluding carboxylic acids is 3. The predicted molar refractivity (Wildman–Crippen MR) is 129 cm³/mol. The summed E-state index contributed by atoms with van der Waals surface area (Å²) in [5.74, 6) is -0.543. The summed E-state index contributed by atoms with van der Waals surface area (Å²) in [6.07, 6.45) is 2.99. The summed E-state index contributed by atoms with van der Waals surface area (Å²) in [4.78, 5) is 39.6. The Kier molecular flexibility index (Phi) is 9.06. The van der Waals surface area contributed by atoms with Gasteiger partial charge in [0.1, 0.15) is 6.61 Å². The number of nitrogens with one attached hydrogen (secondary N) is 1. The highest BCUT2D eigenvalue weighted by atomic mass is 28.3. The molecule has 2 amide bonds. The van der Waals surface area contributed by atoms with Crippen LogP contribution in [0.25, 0.3) is 0 Å². The van der Waals surface area contributed by atoms with E-state index < -0.39 is 26.7 Å². The number of ketones is 1. The number of β-lactam (4-membered cyclic amide) rings is 1. The highest BCUT2D eigenvalue weighted by Gasteiger charge is 2.57. The van der Waals surface area contributed by atoms with E-state index in [1.807, 2.05) is 6.92 Å². The van der Waals surface area contributed by atoms with Crippen molar-refractivity contribution in [3.8, 4) is 0 Å². The van der Waals surface area contributed by atoms with Gasteiger partial charge in [-0.25, -0.2) is 4.79 Å². The predicted octanol–water partition coefficient (Wildman–Crippen LogP) is 2.83. The van der Waals surface area contributed by atoms with Crippen molar-refractivity contribution in [2.45, 2.75) is 71.8 Å². The van der Waals surface area contributed by atoms with Crippen molar-refractivity contribution in [1.29, 1.82) is 0 Å². The molecule has 0 aromatic heterocycles. The third kappa shape index (κ3) is 6.33. The van der Waals surface area contributed by atoms with Crippen molar-refractivity contribution in [1.82, 2.24) is 10.2 Å². The van der Waals surface area contributed by atoms with Crippen LogP contribution in [0, 0.1) is 11.3 Å². The molecule has 0 unspecified atom stereocenters. The first kappa shape index (κ1) is 27.3. The minimum Gasteiger partial charge on any atom is -0.445 e. The normalized spacial score (nSPS) is 25.7. The van der Waals surface area contributed by atoms with E-state index in [-0.39, 0.29) is 42.2 Å². The SMILES string of the molecule is C=CCOC(=O)N1CCOC[C@H]1/C=C(\C)C(=O)C[C@H]1NC(=O)[C@@H]1[C@@](C)(O[SiH](C)C)C(C)(C)C. The van der Waals surface area contributed by atoms with Crippen molar-refractivity contribution < 1.29 is 28.3 Å². The third-order valence-corrected chi connectivity index (χ3v) is 7.55. The van der Waals surface area contributed by atoms with Gasteiger partial charge in [-0.2, -0.15) is 0 Å². The Morgan fingerprint density at radius 1 is 1.30 bits per heavy atom. The Morgan fingerprint density at radius 3 is 2.52 bits per heavy atom. The minimum absolute atomic E-state index is 0.0710. The Bertz CT molecular complexity index is 790. The summed E-state index contributed by atoms with van der Waals surface area (Å²) < 4.78 is 17.1. The van der Waals surface area contributed by atoms with Gasteiger partial charge in [0, 0.05) is 13.0 Å². The summed E-state index contributed by atoms with van der Waals surface area (Å²) in [6.45, 7) is 18.9. The zero-order valence-corrected chi connectivity index (χ0v) is 22.3. The molecule has 2 saturated heterocycles. The maximum Gasteiger partial charge on any atom is 0.410 e. The van der Waals surface area contributed by atoms with E-state index in [9.17, 15) is 14.4 Å². The lowest BCUT2D eigenvalue weighted by molar-refractivity contribution is -0.160. The van der Waals surface area contributed by atoms with Crippen LogP contribution < -0.4 is 5.32 Å². The van der Waals surface area contributed by atoms with Crippen molar-refractivity contribution in [2.75, 3.05) is 26.4 Å². The number of ether oxygens (including phenoxy) is 2. The van der Waals surface area contributed by atoms with Gasteiger partial charge in [0.15, 0.2) is 14.8 Å². The first-order chi connectivity index (χ1) is 15.3. The van der Waals surface area contributed by atoms with Crippen LogP contribution >= 0.6 is 0 Å². The molecule has 2 fully saturated rings. The van der Waals surface area contributed by atoms with Crippen molar-refractivity contribution in [3.05, 3.63) is 24.3 Å². The van der Waals surface area contributed by atoms with E-state index in [0.717, 1.165) is 0 Å². The molecule has 2 rings (SSSR count). The van der Waals surface area contributed by atoms with Crippen LogP contribution in [0.4, 0.5) is 4.79 Å². The standard InChI is InChI=1S/C24H40N2O6Si/c1-9-11-31-22(29)26-10-12-30-15-17(26)13-16(2)19(27)14-18-20(21(28)25-18)24(6,23(3,4)5)32-33(7)8/h9,13,17-18,20,33H,1,10-12,14-15H2,2-8H3,(H,25,28)/b16-13+/t17-,18-,20-,24-/m1/s1. The van der Waals surface area contributed by atoms with Gasteiger partial charge in [0.2, 0.25) is 5.91 Å². The number of carbonyl (C=O) groups is 3. The van der Waals surface area contributed by atoms with Crippen LogP contribution in [0.5, 0.6) is 0 Å². The molecule has 8 nitrogen and oxygen atoms in total. The van der Waals surface area contributed by atoms with E-state index in [1.54, 1.807) is 17.9 Å². The molecule has 0 aromatic carbocycles. The van der Waals surface area contributed by atoms with Gasteiger partial charge in [0.05, 0.1) is 36.8 Å². The zero-order chi connectivity index (χ0) is 25.0. The molecule has 4 atom stereocenters. The number of allylic oxidation sites excluding steroid dienone is 1. The van der Waals surface area contributed by atoms with Gasteiger partial charge < -0.3 is 19.2 Å². The monoisotopic (exact) mass is 480 g/mol. The molecule has 0 radical (unpaired) electrons. The fourth-order valence-corrected chi connectivity index (χ4v) is 5.87. The zero-order valence-electron chi connectivity index (χ0n) is 21.1. The van der Waals surface area contributed by atoms with E-state index in [4.69, 9.17) is 13.9 Å². The molecule has 2 aliphatic rings. The molecule has 0 aliphatic carbocycles. The summed E-state index contributed by atoms with van der Waals surface area (Å²) in [5, 5.41) is 2.91. The summed E-state index contributed by atoms with van der Waals surface area (Å²) >= 11 is 0. The Balaban J connectivity index is 2.14. The number of amides is 2. The Hall–Kier alpha value is -1.97. The van der Waals surface area contributed by atoms with Gasteiger partial charge >= 0.3 is 6.09 Å². The van der Waals surface area contributed by atoms with Gasteiger partial charge in [-0.05, 0) is 37.9 Å². The molecular weight excluding hydrogens is 440 g/mol. The van der Waals surface area contributed by atoms with E-state index >= 15 is 0 Å². The maximum atomic E-state index is 13.1. The largest absolute Gasteiger partial charge is 0.445 e. The van der Waals surface area contributed by atoms with E-state index in [1.165, 1.54) is 6.08 Å².